The molecule has 0 spiro atoms. The zero-order chi connectivity index (χ0) is 16.8. The summed E-state index contributed by atoms with van der Waals surface area (Å²) in [5.74, 6) is 3.08. The van der Waals surface area contributed by atoms with Crippen molar-refractivity contribution in [1.82, 2.24) is 24.5 Å². The fraction of sp³-hybridized carbons (Fsp3) is 0.312. The van der Waals surface area contributed by atoms with Gasteiger partial charge in [-0.2, -0.15) is 0 Å². The van der Waals surface area contributed by atoms with Crippen molar-refractivity contribution in [3.63, 3.8) is 0 Å². The van der Waals surface area contributed by atoms with Crippen LogP contribution in [0.2, 0.25) is 0 Å². The Labute approximate surface area is 141 Å². The van der Waals surface area contributed by atoms with Crippen molar-refractivity contribution in [2.75, 3.05) is 0 Å². The first-order valence-electron chi connectivity index (χ1n) is 7.66. The lowest BCUT2D eigenvalue weighted by Gasteiger charge is -2.11. The fourth-order valence-corrected chi connectivity index (χ4v) is 3.65. The Morgan fingerprint density at radius 1 is 1.33 bits per heavy atom. The zero-order valence-corrected chi connectivity index (χ0v) is 14.4. The Bertz CT molecular complexity index is 1090. The molecule has 0 aliphatic heterocycles. The van der Waals surface area contributed by atoms with Gasteiger partial charge >= 0.3 is 0 Å². The first-order valence-corrected chi connectivity index (χ1v) is 8.54. The number of hydrogen-bond acceptors (Lipinski definition) is 6. The Morgan fingerprint density at radius 3 is 2.92 bits per heavy atom. The van der Waals surface area contributed by atoms with Gasteiger partial charge in [-0.3, -0.25) is 13.8 Å². The maximum Gasteiger partial charge on any atom is 0.272 e. The van der Waals surface area contributed by atoms with E-state index in [-0.39, 0.29) is 11.6 Å². The molecule has 0 saturated carbocycles. The zero-order valence-electron chi connectivity index (χ0n) is 13.6. The van der Waals surface area contributed by atoms with Crippen molar-refractivity contribution in [3.8, 4) is 0 Å². The van der Waals surface area contributed by atoms with E-state index in [4.69, 9.17) is 4.42 Å². The van der Waals surface area contributed by atoms with Crippen LogP contribution < -0.4 is 10.9 Å². The van der Waals surface area contributed by atoms with E-state index in [1.54, 1.807) is 7.05 Å². The summed E-state index contributed by atoms with van der Waals surface area (Å²) < 4.78 is 9.82. The molecule has 1 N–H and O–H groups in total. The van der Waals surface area contributed by atoms with Crippen LogP contribution >= 0.6 is 11.3 Å². The normalized spacial score (nSPS) is 13.1. The average Bonchev–Trinajstić information content (AvgIpc) is 3.28. The monoisotopic (exact) mass is 343 g/mol. The minimum atomic E-state index is -0.0427. The van der Waals surface area contributed by atoms with Crippen LogP contribution in [0.25, 0.3) is 16.0 Å². The quantitative estimate of drug-likeness (QED) is 0.616. The number of fused-ring (bicyclic) bond motifs is 3. The van der Waals surface area contributed by atoms with E-state index in [1.165, 1.54) is 15.9 Å². The van der Waals surface area contributed by atoms with Gasteiger partial charge in [-0.15, -0.1) is 21.5 Å². The van der Waals surface area contributed by atoms with Crippen molar-refractivity contribution in [2.45, 2.75) is 26.4 Å². The van der Waals surface area contributed by atoms with E-state index < -0.39 is 0 Å². The molecule has 0 unspecified atom stereocenters. The minimum Gasteiger partial charge on any atom is -0.465 e. The first kappa shape index (κ1) is 15.1. The van der Waals surface area contributed by atoms with Crippen LogP contribution in [0, 0.1) is 6.92 Å². The highest BCUT2D eigenvalue weighted by molar-refractivity contribution is 7.17. The average molecular weight is 343 g/mol. The molecule has 4 aromatic rings. The molecule has 0 aromatic carbocycles. The third-order valence-electron chi connectivity index (χ3n) is 4.15. The summed E-state index contributed by atoms with van der Waals surface area (Å²) in [6.07, 6.45) is 0. The standard InChI is InChI=1S/C16H17N5O2S/c1-9-4-5-12(23-9)10(2)17-8-13-18-19-16-20(3)15(22)14-11(21(13)16)6-7-24-14/h4-7,10,17H,8H2,1-3H3/t10-/m0/s1. The highest BCUT2D eigenvalue weighted by Gasteiger charge is 2.16. The van der Waals surface area contributed by atoms with E-state index in [0.717, 1.165) is 22.9 Å². The van der Waals surface area contributed by atoms with Gasteiger partial charge in [0.15, 0.2) is 5.82 Å². The third kappa shape index (κ3) is 2.26. The topological polar surface area (TPSA) is 77.4 Å². The second-order valence-electron chi connectivity index (χ2n) is 5.80. The summed E-state index contributed by atoms with van der Waals surface area (Å²) in [4.78, 5) is 12.3. The van der Waals surface area contributed by atoms with Crippen LogP contribution in [0.1, 0.15) is 30.3 Å². The molecule has 0 saturated heterocycles. The largest absolute Gasteiger partial charge is 0.465 e. The van der Waals surface area contributed by atoms with E-state index in [1.807, 2.05) is 41.8 Å². The van der Waals surface area contributed by atoms with Gasteiger partial charge in [0.1, 0.15) is 16.2 Å². The smallest absolute Gasteiger partial charge is 0.272 e. The number of furan rings is 1. The van der Waals surface area contributed by atoms with Crippen LogP contribution in [-0.2, 0) is 13.6 Å². The van der Waals surface area contributed by atoms with Crippen LogP contribution in [0.5, 0.6) is 0 Å². The number of hydrogen-bond donors (Lipinski definition) is 1. The summed E-state index contributed by atoms with van der Waals surface area (Å²) in [5, 5.41) is 13.8. The minimum absolute atomic E-state index is 0.0427. The van der Waals surface area contributed by atoms with E-state index in [0.29, 0.717) is 17.0 Å². The van der Waals surface area contributed by atoms with E-state index >= 15 is 0 Å². The van der Waals surface area contributed by atoms with E-state index in [2.05, 4.69) is 15.5 Å². The molecule has 24 heavy (non-hydrogen) atoms. The van der Waals surface area contributed by atoms with Crippen molar-refractivity contribution < 1.29 is 4.42 Å². The van der Waals surface area contributed by atoms with Gasteiger partial charge in [0.2, 0.25) is 5.78 Å². The van der Waals surface area contributed by atoms with Gasteiger partial charge in [-0.1, -0.05) is 0 Å². The van der Waals surface area contributed by atoms with Crippen LogP contribution in [0.3, 0.4) is 0 Å². The van der Waals surface area contributed by atoms with Crippen LogP contribution in [-0.4, -0.2) is 19.2 Å². The Kier molecular flexibility index (Phi) is 3.50. The predicted octanol–water partition coefficient (Wildman–Crippen LogP) is 2.39. The van der Waals surface area contributed by atoms with Crippen molar-refractivity contribution in [3.05, 3.63) is 51.3 Å². The number of thiophene rings is 1. The Morgan fingerprint density at radius 2 is 2.17 bits per heavy atom. The van der Waals surface area contributed by atoms with Crippen molar-refractivity contribution in [1.29, 1.82) is 0 Å². The molecular formula is C16H17N5O2S. The number of rotatable bonds is 4. The maximum atomic E-state index is 12.3. The predicted molar refractivity (Wildman–Crippen MR) is 92.3 cm³/mol. The SMILES string of the molecule is Cc1ccc([C@H](C)NCc2nnc3n(C)c(=O)c4sccc4n23)o1. The first-order chi connectivity index (χ1) is 11.6. The van der Waals surface area contributed by atoms with Gasteiger partial charge in [0, 0.05) is 7.05 Å². The number of nitrogens with one attached hydrogen (secondary N) is 1. The Hall–Kier alpha value is -2.45. The molecule has 0 aliphatic rings. The second-order valence-corrected chi connectivity index (χ2v) is 6.72. The van der Waals surface area contributed by atoms with Gasteiger partial charge in [-0.25, -0.2) is 0 Å². The molecule has 0 amide bonds. The van der Waals surface area contributed by atoms with Gasteiger partial charge in [0.25, 0.3) is 5.56 Å². The molecule has 4 heterocycles. The van der Waals surface area contributed by atoms with Crippen molar-refractivity contribution >= 4 is 27.3 Å². The molecule has 0 bridgehead atoms. The summed E-state index contributed by atoms with van der Waals surface area (Å²) in [5.41, 5.74) is 0.806. The molecule has 4 aromatic heterocycles. The molecule has 124 valence electrons. The van der Waals surface area contributed by atoms with Crippen LogP contribution in [0.4, 0.5) is 0 Å². The summed E-state index contributed by atoms with van der Waals surface area (Å²) >= 11 is 1.43. The summed E-state index contributed by atoms with van der Waals surface area (Å²) in [6, 6.07) is 5.90. The highest BCUT2D eigenvalue weighted by atomic mass is 32.1. The molecule has 7 nitrogen and oxygen atoms in total. The molecule has 8 heteroatoms. The van der Waals surface area contributed by atoms with Crippen molar-refractivity contribution in [2.24, 2.45) is 7.05 Å². The molecule has 0 aliphatic carbocycles. The third-order valence-corrected chi connectivity index (χ3v) is 5.04. The molecule has 0 fully saturated rings. The molecular weight excluding hydrogens is 326 g/mol. The number of nitrogens with zero attached hydrogens (tertiary/aromatic N) is 4. The summed E-state index contributed by atoms with van der Waals surface area (Å²) in [6.45, 7) is 4.48. The Balaban J connectivity index is 1.71. The van der Waals surface area contributed by atoms with Gasteiger partial charge in [0.05, 0.1) is 18.1 Å². The lowest BCUT2D eigenvalue weighted by molar-refractivity contribution is 0.413. The molecule has 4 rings (SSSR count). The molecule has 1 atom stereocenters. The second kappa shape index (κ2) is 5.57. The molecule has 0 radical (unpaired) electrons. The number of aryl methyl sites for hydroxylation is 2. The number of aromatic nitrogens is 4. The summed E-state index contributed by atoms with van der Waals surface area (Å²) in [7, 11) is 1.72. The van der Waals surface area contributed by atoms with E-state index in [9.17, 15) is 4.79 Å². The lowest BCUT2D eigenvalue weighted by atomic mass is 10.2. The van der Waals surface area contributed by atoms with Crippen LogP contribution in [0.15, 0.2) is 32.8 Å². The lowest BCUT2D eigenvalue weighted by Crippen LogP contribution is -2.22. The highest BCUT2D eigenvalue weighted by Crippen LogP contribution is 2.20. The van der Waals surface area contributed by atoms with Gasteiger partial charge < -0.3 is 9.73 Å². The fourth-order valence-electron chi connectivity index (χ4n) is 2.80. The maximum absolute atomic E-state index is 12.3. The van der Waals surface area contributed by atoms with Gasteiger partial charge in [-0.05, 0) is 37.4 Å².